The van der Waals surface area contributed by atoms with Crippen LogP contribution < -0.4 is 0 Å². The molecule has 0 saturated carbocycles. The van der Waals surface area contributed by atoms with Crippen LogP contribution in [0.15, 0.2) is 0 Å². The molecule has 66 valence electrons. The van der Waals surface area contributed by atoms with Crippen molar-refractivity contribution in [2.75, 3.05) is 0 Å². The van der Waals surface area contributed by atoms with Crippen molar-refractivity contribution < 1.29 is 10.0 Å². The lowest BCUT2D eigenvalue weighted by molar-refractivity contribution is -0.385. The lowest BCUT2D eigenvalue weighted by atomic mass is 10.2. The Hall–Kier alpha value is -1.36. The number of aliphatic hydroxyl groups is 1. The molecule has 0 aliphatic carbocycles. The van der Waals surface area contributed by atoms with Crippen LogP contribution in [0.2, 0.25) is 0 Å². The minimum atomic E-state index is -0.444. The normalized spacial score (nSPS) is 10.2. The zero-order valence-corrected chi connectivity index (χ0v) is 6.92. The Morgan fingerprint density at radius 3 is 2.42 bits per heavy atom. The molecule has 0 bridgehead atoms. The minimum absolute atomic E-state index is 0.0686. The van der Waals surface area contributed by atoms with E-state index < -0.39 is 4.92 Å². The molecule has 12 heavy (non-hydrogen) atoms. The first-order valence-corrected chi connectivity index (χ1v) is 3.51. The lowest BCUT2D eigenvalue weighted by Gasteiger charge is -1.90. The van der Waals surface area contributed by atoms with Crippen molar-refractivity contribution in [1.29, 1.82) is 0 Å². The van der Waals surface area contributed by atoms with Gasteiger partial charge >= 0.3 is 0 Å². The summed E-state index contributed by atoms with van der Waals surface area (Å²) in [6, 6.07) is 0. The van der Waals surface area contributed by atoms with Gasteiger partial charge in [-0.1, -0.05) is 0 Å². The van der Waals surface area contributed by atoms with E-state index >= 15 is 0 Å². The number of hydrogen-bond acceptors (Lipinski definition) is 3. The third-order valence-electron chi connectivity index (χ3n) is 1.84. The maximum Gasteiger partial charge on any atom is 0.292 e. The van der Waals surface area contributed by atoms with Crippen LogP contribution in [0.1, 0.15) is 17.0 Å². The zero-order chi connectivity index (χ0) is 9.30. The fourth-order valence-electron chi connectivity index (χ4n) is 1.24. The van der Waals surface area contributed by atoms with Crippen LogP contribution in [0.3, 0.4) is 0 Å². The Morgan fingerprint density at radius 1 is 1.58 bits per heavy atom. The molecule has 1 rings (SSSR count). The van der Waals surface area contributed by atoms with E-state index in [4.69, 9.17) is 5.11 Å². The van der Waals surface area contributed by atoms with Crippen LogP contribution in [0.25, 0.3) is 0 Å². The van der Waals surface area contributed by atoms with Crippen molar-refractivity contribution in [3.63, 3.8) is 0 Å². The second-order valence-corrected chi connectivity index (χ2v) is 2.62. The first kappa shape index (κ1) is 8.73. The Bertz CT molecular complexity index is 317. The molecule has 5 heteroatoms. The molecule has 0 saturated heterocycles. The topological polar surface area (TPSA) is 79.2 Å². The predicted octanol–water partition coefficient (Wildman–Crippen LogP) is 1.03. The highest BCUT2D eigenvalue weighted by Crippen LogP contribution is 2.25. The van der Waals surface area contributed by atoms with Gasteiger partial charge in [0.15, 0.2) is 0 Å². The van der Waals surface area contributed by atoms with Crippen molar-refractivity contribution in [2.45, 2.75) is 20.5 Å². The summed E-state index contributed by atoms with van der Waals surface area (Å²) < 4.78 is 0. The standard InChI is InChI=1S/C7H10N2O3/c1-4-6(3-10)8-5(2)7(4)9(11)12/h8,10H,3H2,1-2H3. The number of nitrogens with zero attached hydrogens (tertiary/aromatic N) is 1. The summed E-state index contributed by atoms with van der Waals surface area (Å²) in [5, 5.41) is 19.3. The van der Waals surface area contributed by atoms with Crippen LogP contribution in [-0.4, -0.2) is 15.0 Å². The molecular formula is C7H10N2O3. The summed E-state index contributed by atoms with van der Waals surface area (Å²) in [6.45, 7) is 3.04. The van der Waals surface area contributed by atoms with E-state index in [1.54, 1.807) is 13.8 Å². The molecule has 0 amide bonds. The Morgan fingerprint density at radius 2 is 2.17 bits per heavy atom. The number of aryl methyl sites for hydroxylation is 1. The van der Waals surface area contributed by atoms with Gasteiger partial charge in [0.25, 0.3) is 5.69 Å². The minimum Gasteiger partial charge on any atom is -0.390 e. The van der Waals surface area contributed by atoms with Crippen LogP contribution in [0, 0.1) is 24.0 Å². The molecule has 5 nitrogen and oxygen atoms in total. The van der Waals surface area contributed by atoms with Crippen molar-refractivity contribution in [3.05, 3.63) is 27.1 Å². The van der Waals surface area contributed by atoms with Crippen LogP contribution in [0.5, 0.6) is 0 Å². The fraction of sp³-hybridized carbons (Fsp3) is 0.429. The van der Waals surface area contributed by atoms with Gasteiger partial charge in [-0.25, -0.2) is 0 Å². The van der Waals surface area contributed by atoms with E-state index in [1.165, 1.54) is 0 Å². The number of aromatic nitrogens is 1. The van der Waals surface area contributed by atoms with Gasteiger partial charge in [0.2, 0.25) is 0 Å². The summed E-state index contributed by atoms with van der Waals surface area (Å²) in [4.78, 5) is 12.8. The van der Waals surface area contributed by atoms with Crippen molar-refractivity contribution in [1.82, 2.24) is 4.98 Å². The van der Waals surface area contributed by atoms with Crippen molar-refractivity contribution in [2.24, 2.45) is 0 Å². The monoisotopic (exact) mass is 170 g/mol. The largest absolute Gasteiger partial charge is 0.390 e. The molecule has 2 N–H and O–H groups in total. The quantitative estimate of drug-likeness (QED) is 0.514. The first-order chi connectivity index (χ1) is 5.57. The van der Waals surface area contributed by atoms with Gasteiger partial charge in [-0.15, -0.1) is 0 Å². The Labute approximate surface area is 69.2 Å². The van der Waals surface area contributed by atoms with Gasteiger partial charge in [0.1, 0.15) is 0 Å². The van der Waals surface area contributed by atoms with Gasteiger partial charge in [-0.3, -0.25) is 10.1 Å². The number of nitrogens with one attached hydrogen (secondary N) is 1. The number of hydrogen-bond donors (Lipinski definition) is 2. The van der Waals surface area contributed by atoms with Crippen molar-refractivity contribution in [3.8, 4) is 0 Å². The van der Waals surface area contributed by atoms with E-state index in [0.717, 1.165) is 0 Å². The Kier molecular flexibility index (Phi) is 2.14. The molecule has 0 fully saturated rings. The number of rotatable bonds is 2. The highest BCUT2D eigenvalue weighted by Gasteiger charge is 2.19. The van der Waals surface area contributed by atoms with Gasteiger partial charge in [-0.05, 0) is 13.8 Å². The lowest BCUT2D eigenvalue weighted by Crippen LogP contribution is -1.90. The van der Waals surface area contributed by atoms with E-state index in [1.807, 2.05) is 0 Å². The highest BCUT2D eigenvalue weighted by atomic mass is 16.6. The number of H-pyrrole nitrogens is 1. The summed E-state index contributed by atoms with van der Waals surface area (Å²) in [5.74, 6) is 0. The average molecular weight is 170 g/mol. The first-order valence-electron chi connectivity index (χ1n) is 3.51. The molecule has 0 spiro atoms. The van der Waals surface area contributed by atoms with Gasteiger partial charge in [-0.2, -0.15) is 0 Å². The second-order valence-electron chi connectivity index (χ2n) is 2.62. The molecule has 1 aromatic rings. The molecular weight excluding hydrogens is 160 g/mol. The number of nitro groups is 1. The second kappa shape index (κ2) is 2.94. The molecule has 0 aromatic carbocycles. The van der Waals surface area contributed by atoms with Crippen LogP contribution in [0.4, 0.5) is 5.69 Å². The summed E-state index contributed by atoms with van der Waals surface area (Å²) in [7, 11) is 0. The van der Waals surface area contributed by atoms with E-state index in [9.17, 15) is 10.1 Å². The van der Waals surface area contributed by atoms with Crippen molar-refractivity contribution >= 4 is 5.69 Å². The molecule has 0 radical (unpaired) electrons. The summed E-state index contributed by atoms with van der Waals surface area (Å²) in [6.07, 6.45) is 0. The number of aromatic amines is 1. The van der Waals surface area contributed by atoms with Crippen LogP contribution in [-0.2, 0) is 6.61 Å². The van der Waals surface area contributed by atoms with Gasteiger partial charge < -0.3 is 10.1 Å². The number of aliphatic hydroxyl groups excluding tert-OH is 1. The van der Waals surface area contributed by atoms with E-state index in [2.05, 4.69) is 4.98 Å². The molecule has 1 heterocycles. The predicted molar refractivity (Wildman–Crippen MR) is 42.8 cm³/mol. The maximum atomic E-state index is 10.5. The maximum absolute atomic E-state index is 10.5. The van der Waals surface area contributed by atoms with Gasteiger partial charge in [0.05, 0.1) is 28.5 Å². The Balaban J connectivity index is 3.28. The molecule has 0 aliphatic rings. The molecule has 0 atom stereocenters. The molecule has 0 aliphatic heterocycles. The van der Waals surface area contributed by atoms with E-state index in [-0.39, 0.29) is 12.3 Å². The van der Waals surface area contributed by atoms with Crippen LogP contribution >= 0.6 is 0 Å². The third kappa shape index (κ3) is 1.18. The highest BCUT2D eigenvalue weighted by molar-refractivity contribution is 5.47. The SMILES string of the molecule is Cc1[nH]c(CO)c(C)c1[N+](=O)[O-]. The average Bonchev–Trinajstić information content (AvgIpc) is 2.25. The smallest absolute Gasteiger partial charge is 0.292 e. The van der Waals surface area contributed by atoms with Gasteiger partial charge in [0, 0.05) is 0 Å². The van der Waals surface area contributed by atoms with E-state index in [0.29, 0.717) is 17.0 Å². The summed E-state index contributed by atoms with van der Waals surface area (Å²) in [5.41, 5.74) is 1.58. The molecule has 1 aromatic heterocycles. The summed E-state index contributed by atoms with van der Waals surface area (Å²) >= 11 is 0. The fourth-order valence-corrected chi connectivity index (χ4v) is 1.24. The third-order valence-corrected chi connectivity index (χ3v) is 1.84. The molecule has 0 unspecified atom stereocenters. The zero-order valence-electron chi connectivity index (χ0n) is 6.92.